The second kappa shape index (κ2) is 7.23. The fourth-order valence-electron chi connectivity index (χ4n) is 1.13. The Kier molecular flexibility index (Phi) is 6.70. The highest BCUT2D eigenvalue weighted by Gasteiger charge is 2.14. The van der Waals surface area contributed by atoms with Gasteiger partial charge in [-0.2, -0.15) is 0 Å². The molecular weight excluding hydrogens is 196 g/mol. The van der Waals surface area contributed by atoms with E-state index in [0.29, 0.717) is 19.5 Å². The van der Waals surface area contributed by atoms with E-state index in [1.807, 2.05) is 6.92 Å². The van der Waals surface area contributed by atoms with E-state index in [0.717, 1.165) is 0 Å². The average Bonchev–Trinajstić information content (AvgIpc) is 2.21. The molecule has 0 heterocycles. The van der Waals surface area contributed by atoms with Crippen molar-refractivity contribution in [2.45, 2.75) is 32.7 Å². The molecule has 5 heteroatoms. The minimum Gasteiger partial charge on any atom is -0.481 e. The van der Waals surface area contributed by atoms with Crippen molar-refractivity contribution in [2.75, 3.05) is 20.1 Å². The number of hydrogen-bond donors (Lipinski definition) is 2. The second-order valence-corrected chi connectivity index (χ2v) is 3.53. The molecule has 0 bridgehead atoms. The van der Waals surface area contributed by atoms with Gasteiger partial charge in [0.15, 0.2) is 0 Å². The third-order valence-electron chi connectivity index (χ3n) is 2.24. The van der Waals surface area contributed by atoms with Crippen molar-refractivity contribution in [1.82, 2.24) is 10.2 Å². The molecule has 0 spiro atoms. The van der Waals surface area contributed by atoms with E-state index in [4.69, 9.17) is 5.11 Å². The predicted molar refractivity (Wildman–Crippen MR) is 57.6 cm³/mol. The summed E-state index contributed by atoms with van der Waals surface area (Å²) in [6, 6.07) is -0.247. The van der Waals surface area contributed by atoms with Crippen molar-refractivity contribution in [2.24, 2.45) is 0 Å². The number of hydrogen-bond acceptors (Lipinski definition) is 3. The summed E-state index contributed by atoms with van der Waals surface area (Å²) in [6.45, 7) is 4.93. The molecule has 0 aromatic heterocycles. The summed E-state index contributed by atoms with van der Waals surface area (Å²) >= 11 is 0. The summed E-state index contributed by atoms with van der Waals surface area (Å²) in [4.78, 5) is 23.4. The molecule has 0 saturated carbocycles. The summed E-state index contributed by atoms with van der Waals surface area (Å²) in [5.41, 5.74) is 0. The lowest BCUT2D eigenvalue weighted by atomic mass is 10.2. The fraction of sp³-hybridized carbons (Fsp3) is 0.800. The number of carbonyl (C=O) groups is 2. The number of carbonyl (C=O) groups excluding carboxylic acids is 1. The van der Waals surface area contributed by atoms with E-state index >= 15 is 0 Å². The maximum Gasteiger partial charge on any atom is 0.303 e. The average molecular weight is 216 g/mol. The lowest BCUT2D eigenvalue weighted by molar-refractivity contribution is -0.137. The molecule has 0 aliphatic rings. The van der Waals surface area contributed by atoms with Crippen LogP contribution in [-0.4, -0.2) is 48.1 Å². The Bertz CT molecular complexity index is 219. The van der Waals surface area contributed by atoms with Crippen LogP contribution in [0.3, 0.4) is 0 Å². The van der Waals surface area contributed by atoms with Gasteiger partial charge in [-0.25, -0.2) is 0 Å². The van der Waals surface area contributed by atoms with Crippen molar-refractivity contribution in [1.29, 1.82) is 0 Å². The van der Waals surface area contributed by atoms with Crippen LogP contribution in [0.4, 0.5) is 0 Å². The zero-order valence-corrected chi connectivity index (χ0v) is 9.62. The molecule has 0 aliphatic carbocycles. The van der Waals surface area contributed by atoms with Gasteiger partial charge in [0, 0.05) is 20.0 Å². The zero-order chi connectivity index (χ0) is 11.8. The monoisotopic (exact) mass is 216 g/mol. The smallest absolute Gasteiger partial charge is 0.303 e. The van der Waals surface area contributed by atoms with Gasteiger partial charge in [0.1, 0.15) is 0 Å². The van der Waals surface area contributed by atoms with Crippen LogP contribution in [0.25, 0.3) is 0 Å². The highest BCUT2D eigenvalue weighted by Crippen LogP contribution is 1.93. The van der Waals surface area contributed by atoms with E-state index in [9.17, 15) is 9.59 Å². The largest absolute Gasteiger partial charge is 0.481 e. The summed E-state index contributed by atoms with van der Waals surface area (Å²) < 4.78 is 0. The molecule has 0 aromatic carbocycles. The molecule has 1 amide bonds. The number of aliphatic carboxylic acids is 1. The van der Waals surface area contributed by atoms with Crippen LogP contribution in [0.5, 0.6) is 0 Å². The Morgan fingerprint density at radius 1 is 1.47 bits per heavy atom. The molecule has 1 unspecified atom stereocenters. The number of amides is 1. The zero-order valence-electron chi connectivity index (χ0n) is 9.62. The van der Waals surface area contributed by atoms with Crippen LogP contribution in [-0.2, 0) is 9.59 Å². The van der Waals surface area contributed by atoms with Gasteiger partial charge in [-0.05, 0) is 26.8 Å². The first-order chi connectivity index (χ1) is 6.99. The van der Waals surface area contributed by atoms with Crippen LogP contribution in [0.15, 0.2) is 0 Å². The van der Waals surface area contributed by atoms with Gasteiger partial charge in [-0.3, -0.25) is 9.59 Å². The number of rotatable bonds is 7. The van der Waals surface area contributed by atoms with Crippen LogP contribution in [0.2, 0.25) is 0 Å². The third kappa shape index (κ3) is 6.06. The molecule has 0 aromatic rings. The number of nitrogens with zero attached hydrogens (tertiary/aromatic N) is 1. The Morgan fingerprint density at radius 3 is 2.53 bits per heavy atom. The third-order valence-corrected chi connectivity index (χ3v) is 2.24. The standard InChI is InChI=1S/C10H20N2O3/c1-4-12(3)10(15)8(2)11-7-5-6-9(13)14/h8,11H,4-7H2,1-3H3,(H,13,14). The van der Waals surface area contributed by atoms with Gasteiger partial charge in [0.25, 0.3) is 0 Å². The highest BCUT2D eigenvalue weighted by atomic mass is 16.4. The number of likely N-dealkylation sites (N-methyl/N-ethyl adjacent to an activating group) is 1. The van der Waals surface area contributed by atoms with Gasteiger partial charge < -0.3 is 15.3 Å². The summed E-state index contributed by atoms with van der Waals surface area (Å²) in [5.74, 6) is -0.769. The highest BCUT2D eigenvalue weighted by molar-refractivity contribution is 5.81. The van der Waals surface area contributed by atoms with Crippen LogP contribution >= 0.6 is 0 Å². The molecular formula is C10H20N2O3. The van der Waals surface area contributed by atoms with Crippen LogP contribution in [0, 0.1) is 0 Å². The van der Waals surface area contributed by atoms with Crippen molar-refractivity contribution in [3.8, 4) is 0 Å². The summed E-state index contributed by atoms with van der Waals surface area (Å²) in [5, 5.41) is 11.4. The predicted octanol–water partition coefficient (Wildman–Crippen LogP) is 0.308. The molecule has 88 valence electrons. The van der Waals surface area contributed by atoms with Crippen LogP contribution < -0.4 is 5.32 Å². The Balaban J connectivity index is 3.69. The molecule has 15 heavy (non-hydrogen) atoms. The second-order valence-electron chi connectivity index (χ2n) is 3.53. The van der Waals surface area contributed by atoms with E-state index < -0.39 is 5.97 Å². The first-order valence-electron chi connectivity index (χ1n) is 5.19. The van der Waals surface area contributed by atoms with Gasteiger partial charge in [-0.1, -0.05) is 0 Å². The quantitative estimate of drug-likeness (QED) is 0.601. The van der Waals surface area contributed by atoms with Crippen molar-refractivity contribution >= 4 is 11.9 Å². The SMILES string of the molecule is CCN(C)C(=O)C(C)NCCCC(=O)O. The normalized spacial score (nSPS) is 12.2. The molecule has 0 radical (unpaired) electrons. The summed E-state index contributed by atoms with van der Waals surface area (Å²) in [6.07, 6.45) is 0.681. The van der Waals surface area contributed by atoms with Gasteiger partial charge in [0.2, 0.25) is 5.91 Å². The Hall–Kier alpha value is -1.10. The fourth-order valence-corrected chi connectivity index (χ4v) is 1.13. The minimum absolute atomic E-state index is 0.0350. The maximum absolute atomic E-state index is 11.5. The molecule has 2 N–H and O–H groups in total. The molecule has 0 rings (SSSR count). The van der Waals surface area contributed by atoms with Gasteiger partial charge >= 0.3 is 5.97 Å². The van der Waals surface area contributed by atoms with Crippen molar-refractivity contribution in [3.63, 3.8) is 0 Å². The lowest BCUT2D eigenvalue weighted by Crippen LogP contribution is -2.43. The topological polar surface area (TPSA) is 69.6 Å². The van der Waals surface area contributed by atoms with Crippen LogP contribution in [0.1, 0.15) is 26.7 Å². The molecule has 1 atom stereocenters. The molecule has 0 aliphatic heterocycles. The van der Waals surface area contributed by atoms with E-state index in [1.165, 1.54) is 0 Å². The Morgan fingerprint density at radius 2 is 2.07 bits per heavy atom. The first kappa shape index (κ1) is 13.9. The van der Waals surface area contributed by atoms with Gasteiger partial charge in [-0.15, -0.1) is 0 Å². The van der Waals surface area contributed by atoms with E-state index in [2.05, 4.69) is 5.32 Å². The Labute approximate surface area is 90.5 Å². The van der Waals surface area contributed by atoms with E-state index in [-0.39, 0.29) is 18.4 Å². The molecule has 5 nitrogen and oxygen atoms in total. The van der Waals surface area contributed by atoms with Gasteiger partial charge in [0.05, 0.1) is 6.04 Å². The lowest BCUT2D eigenvalue weighted by Gasteiger charge is -2.20. The molecule has 0 fully saturated rings. The number of carboxylic acid groups (broad SMARTS) is 1. The maximum atomic E-state index is 11.5. The van der Waals surface area contributed by atoms with Crippen molar-refractivity contribution in [3.05, 3.63) is 0 Å². The number of nitrogens with one attached hydrogen (secondary N) is 1. The molecule has 0 saturated heterocycles. The number of carboxylic acids is 1. The van der Waals surface area contributed by atoms with E-state index in [1.54, 1.807) is 18.9 Å². The van der Waals surface area contributed by atoms with Crippen molar-refractivity contribution < 1.29 is 14.7 Å². The first-order valence-corrected chi connectivity index (χ1v) is 5.19. The minimum atomic E-state index is -0.804. The summed E-state index contributed by atoms with van der Waals surface area (Å²) in [7, 11) is 1.75.